The van der Waals surface area contributed by atoms with Crippen LogP contribution >= 0.6 is 11.8 Å². The van der Waals surface area contributed by atoms with Crippen molar-refractivity contribution in [1.82, 2.24) is 9.97 Å². The van der Waals surface area contributed by atoms with E-state index in [-0.39, 0.29) is 0 Å². The van der Waals surface area contributed by atoms with Gasteiger partial charge < -0.3 is 4.74 Å². The van der Waals surface area contributed by atoms with Gasteiger partial charge in [0.05, 0.1) is 16.5 Å². The molecule has 3 rings (SSSR count). The van der Waals surface area contributed by atoms with Crippen molar-refractivity contribution in [3.63, 3.8) is 0 Å². The molecule has 0 aliphatic rings. The molecule has 0 spiro atoms. The summed E-state index contributed by atoms with van der Waals surface area (Å²) in [6, 6.07) is 15.1. The van der Waals surface area contributed by atoms with Gasteiger partial charge in [0, 0.05) is 4.90 Å². The Kier molecular flexibility index (Phi) is 3.71. The van der Waals surface area contributed by atoms with E-state index >= 15 is 0 Å². The van der Waals surface area contributed by atoms with Gasteiger partial charge in [0.2, 0.25) is 5.88 Å². The van der Waals surface area contributed by atoms with Gasteiger partial charge in [0.1, 0.15) is 18.1 Å². The molecule has 2 aromatic carbocycles. The van der Waals surface area contributed by atoms with E-state index in [0.29, 0.717) is 17.2 Å². The molecule has 0 aliphatic carbocycles. The molecule has 0 aliphatic heterocycles. The minimum atomic E-state index is 0.457. The monoisotopic (exact) mass is 293 g/mol. The number of hydrogen-bond acceptors (Lipinski definition) is 5. The number of thioether (sulfide) groups is 1. The fourth-order valence-electron chi connectivity index (χ4n) is 1.97. The number of hydrogen-bond donors (Lipinski definition) is 0. The minimum absolute atomic E-state index is 0.457. The van der Waals surface area contributed by atoms with E-state index in [1.54, 1.807) is 30.0 Å². The second-order valence-corrected chi connectivity index (χ2v) is 5.15. The molecular weight excluding hydrogens is 282 g/mol. The molecule has 0 unspecified atom stereocenters. The van der Waals surface area contributed by atoms with Crippen LogP contribution in [0.25, 0.3) is 10.9 Å². The normalized spacial score (nSPS) is 10.3. The highest BCUT2D eigenvalue weighted by Crippen LogP contribution is 2.30. The smallest absolute Gasteiger partial charge is 0.230 e. The lowest BCUT2D eigenvalue weighted by Gasteiger charge is -2.09. The summed E-state index contributed by atoms with van der Waals surface area (Å²) in [5, 5.41) is 9.96. The molecule has 0 amide bonds. The minimum Gasteiger partial charge on any atom is -0.437 e. The average Bonchev–Trinajstić information content (AvgIpc) is 2.55. The predicted molar refractivity (Wildman–Crippen MR) is 82.6 cm³/mol. The third kappa shape index (κ3) is 2.67. The molecule has 0 atom stereocenters. The first-order chi connectivity index (χ1) is 10.3. The second kappa shape index (κ2) is 5.81. The number of para-hydroxylation sites is 1. The van der Waals surface area contributed by atoms with Gasteiger partial charge in [-0.1, -0.05) is 12.1 Å². The molecule has 0 saturated heterocycles. The molecule has 1 aromatic heterocycles. The van der Waals surface area contributed by atoms with E-state index in [9.17, 15) is 0 Å². The van der Waals surface area contributed by atoms with Crippen LogP contribution in [0.1, 0.15) is 5.56 Å². The average molecular weight is 293 g/mol. The molecule has 102 valence electrons. The maximum absolute atomic E-state index is 9.13. The Morgan fingerprint density at radius 2 is 2.00 bits per heavy atom. The van der Waals surface area contributed by atoms with Crippen LogP contribution in [0, 0.1) is 11.3 Å². The molecule has 1 heterocycles. The zero-order chi connectivity index (χ0) is 14.7. The standard InChI is InChI=1S/C16H11N3OS/c1-21-12-6-7-14-13(8-12)16(19-10-18-14)20-15-5-3-2-4-11(15)9-17/h2-8,10H,1H3. The SMILES string of the molecule is CSc1ccc2ncnc(Oc3ccccc3C#N)c2c1. The third-order valence-electron chi connectivity index (χ3n) is 3.02. The number of nitriles is 1. The summed E-state index contributed by atoms with van der Waals surface area (Å²) in [7, 11) is 0. The fourth-order valence-corrected chi connectivity index (χ4v) is 2.41. The van der Waals surface area contributed by atoms with Crippen molar-refractivity contribution >= 4 is 22.7 Å². The summed E-state index contributed by atoms with van der Waals surface area (Å²) in [5.74, 6) is 0.952. The van der Waals surface area contributed by atoms with E-state index in [4.69, 9.17) is 10.00 Å². The Balaban J connectivity index is 2.10. The maximum Gasteiger partial charge on any atom is 0.230 e. The molecule has 0 saturated carbocycles. The zero-order valence-corrected chi connectivity index (χ0v) is 12.1. The fraction of sp³-hybridized carbons (Fsp3) is 0.0625. The van der Waals surface area contributed by atoms with Crippen molar-refractivity contribution < 1.29 is 4.74 Å². The van der Waals surface area contributed by atoms with Crippen molar-refractivity contribution in [1.29, 1.82) is 5.26 Å². The lowest BCUT2D eigenvalue weighted by Crippen LogP contribution is -1.93. The first-order valence-corrected chi connectivity index (χ1v) is 7.50. The van der Waals surface area contributed by atoms with Gasteiger partial charge in [-0.15, -0.1) is 11.8 Å². The van der Waals surface area contributed by atoms with Crippen LogP contribution in [0.2, 0.25) is 0 Å². The predicted octanol–water partition coefficient (Wildman–Crippen LogP) is 4.02. The van der Waals surface area contributed by atoms with Crippen molar-refractivity contribution in [3.05, 3.63) is 54.4 Å². The molecule has 0 radical (unpaired) electrons. The van der Waals surface area contributed by atoms with Crippen molar-refractivity contribution in [2.75, 3.05) is 6.26 Å². The number of fused-ring (bicyclic) bond motifs is 1. The number of rotatable bonds is 3. The number of ether oxygens (including phenoxy) is 1. The highest BCUT2D eigenvalue weighted by Gasteiger charge is 2.09. The van der Waals surface area contributed by atoms with Gasteiger partial charge in [-0.05, 0) is 36.6 Å². The lowest BCUT2D eigenvalue weighted by atomic mass is 10.2. The molecule has 21 heavy (non-hydrogen) atoms. The van der Waals surface area contributed by atoms with Crippen LogP contribution in [0.4, 0.5) is 0 Å². The van der Waals surface area contributed by atoms with Crippen LogP contribution < -0.4 is 4.74 Å². The Labute approximate surface area is 126 Å². The largest absolute Gasteiger partial charge is 0.437 e. The first kappa shape index (κ1) is 13.4. The van der Waals surface area contributed by atoms with Crippen LogP contribution in [0.3, 0.4) is 0 Å². The van der Waals surface area contributed by atoms with Gasteiger partial charge in [0.25, 0.3) is 0 Å². The lowest BCUT2D eigenvalue weighted by molar-refractivity contribution is 0.466. The van der Waals surface area contributed by atoms with E-state index in [1.807, 2.05) is 30.5 Å². The number of benzene rings is 2. The Morgan fingerprint density at radius 1 is 1.14 bits per heavy atom. The molecule has 0 fully saturated rings. The molecule has 3 aromatic rings. The maximum atomic E-state index is 9.13. The van der Waals surface area contributed by atoms with Crippen molar-refractivity contribution in [2.24, 2.45) is 0 Å². The molecule has 5 heteroatoms. The third-order valence-corrected chi connectivity index (χ3v) is 3.75. The summed E-state index contributed by atoms with van der Waals surface area (Å²) in [5.41, 5.74) is 1.29. The summed E-state index contributed by atoms with van der Waals surface area (Å²) in [6.45, 7) is 0. The Hall–Kier alpha value is -2.58. The molecule has 4 nitrogen and oxygen atoms in total. The van der Waals surface area contributed by atoms with Gasteiger partial charge >= 0.3 is 0 Å². The van der Waals surface area contributed by atoms with Gasteiger partial charge in [0.15, 0.2) is 0 Å². The highest BCUT2D eigenvalue weighted by atomic mass is 32.2. The Morgan fingerprint density at radius 3 is 2.81 bits per heavy atom. The van der Waals surface area contributed by atoms with Crippen LogP contribution in [-0.4, -0.2) is 16.2 Å². The first-order valence-electron chi connectivity index (χ1n) is 6.27. The van der Waals surface area contributed by atoms with Crippen molar-refractivity contribution in [3.8, 4) is 17.7 Å². The molecule has 0 N–H and O–H groups in total. The van der Waals surface area contributed by atoms with Crippen LogP contribution in [-0.2, 0) is 0 Å². The van der Waals surface area contributed by atoms with Crippen molar-refractivity contribution in [2.45, 2.75) is 4.90 Å². The number of aromatic nitrogens is 2. The van der Waals surface area contributed by atoms with Crippen LogP contribution in [0.15, 0.2) is 53.7 Å². The van der Waals surface area contributed by atoms with E-state index in [1.165, 1.54) is 6.33 Å². The van der Waals surface area contributed by atoms with Gasteiger partial charge in [-0.3, -0.25) is 0 Å². The Bertz CT molecular complexity index is 842. The summed E-state index contributed by atoms with van der Waals surface area (Å²) in [6.07, 6.45) is 3.47. The summed E-state index contributed by atoms with van der Waals surface area (Å²) in [4.78, 5) is 9.54. The molecular formula is C16H11N3OS. The van der Waals surface area contributed by atoms with Gasteiger partial charge in [-0.25, -0.2) is 9.97 Å². The summed E-state index contributed by atoms with van der Waals surface area (Å²) >= 11 is 1.64. The van der Waals surface area contributed by atoms with Gasteiger partial charge in [-0.2, -0.15) is 5.26 Å². The van der Waals surface area contributed by atoms with Crippen LogP contribution in [0.5, 0.6) is 11.6 Å². The number of nitrogens with zero attached hydrogens (tertiary/aromatic N) is 3. The quantitative estimate of drug-likeness (QED) is 0.683. The van der Waals surface area contributed by atoms with E-state index in [0.717, 1.165) is 15.8 Å². The highest BCUT2D eigenvalue weighted by molar-refractivity contribution is 7.98. The summed E-state index contributed by atoms with van der Waals surface area (Å²) < 4.78 is 5.83. The topological polar surface area (TPSA) is 58.8 Å². The van der Waals surface area contributed by atoms with E-state index in [2.05, 4.69) is 16.0 Å². The zero-order valence-electron chi connectivity index (χ0n) is 11.3. The second-order valence-electron chi connectivity index (χ2n) is 4.27. The molecule has 0 bridgehead atoms. The van der Waals surface area contributed by atoms with E-state index < -0.39 is 0 Å².